The first-order chi connectivity index (χ1) is 8.52. The topological polar surface area (TPSA) is 63.3 Å². The molecule has 0 bridgehead atoms. The molecule has 0 fully saturated rings. The zero-order valence-corrected chi connectivity index (χ0v) is 10.8. The summed E-state index contributed by atoms with van der Waals surface area (Å²) in [5, 5.41) is 9.29. The van der Waals surface area contributed by atoms with E-state index in [1.54, 1.807) is 25.1 Å². The van der Waals surface area contributed by atoms with Crippen LogP contribution < -0.4 is 0 Å². The van der Waals surface area contributed by atoms with E-state index in [1.807, 2.05) is 13.8 Å². The number of Topliss-reactive ketones (excluding diaryl/α,β-unsaturated/α-hetero) is 1. The standard InChI is InChI=1S/C14H17NO3/c1-8(2)11(7-16)14(17)10-4-5-12-13(6-10)18-9(3)15-12/h4-6,8,11,16H,7H2,1-3H3. The van der Waals surface area contributed by atoms with Crippen LogP contribution in [0.1, 0.15) is 30.1 Å². The highest BCUT2D eigenvalue weighted by atomic mass is 16.3. The Balaban J connectivity index is 2.38. The minimum atomic E-state index is -0.369. The fraction of sp³-hybridized carbons (Fsp3) is 0.429. The number of benzene rings is 1. The molecule has 0 amide bonds. The van der Waals surface area contributed by atoms with E-state index >= 15 is 0 Å². The first-order valence-electron chi connectivity index (χ1n) is 6.05. The number of ketones is 1. The number of aliphatic hydroxyl groups is 1. The summed E-state index contributed by atoms with van der Waals surface area (Å²) in [5.41, 5.74) is 1.92. The van der Waals surface area contributed by atoms with Gasteiger partial charge in [-0.3, -0.25) is 4.79 Å². The van der Waals surface area contributed by atoms with Crippen LogP contribution in [0.4, 0.5) is 0 Å². The molecule has 1 aromatic heterocycles. The van der Waals surface area contributed by atoms with Crippen molar-refractivity contribution in [3.05, 3.63) is 29.7 Å². The number of aryl methyl sites for hydroxylation is 1. The number of rotatable bonds is 4. The van der Waals surface area contributed by atoms with Crippen molar-refractivity contribution in [2.75, 3.05) is 6.61 Å². The van der Waals surface area contributed by atoms with Crippen LogP contribution in [0.3, 0.4) is 0 Å². The van der Waals surface area contributed by atoms with Crippen LogP contribution in [-0.2, 0) is 0 Å². The van der Waals surface area contributed by atoms with Crippen LogP contribution in [-0.4, -0.2) is 22.5 Å². The zero-order valence-electron chi connectivity index (χ0n) is 10.8. The molecule has 0 saturated heterocycles. The summed E-state index contributed by atoms with van der Waals surface area (Å²) in [4.78, 5) is 16.4. The van der Waals surface area contributed by atoms with Crippen LogP contribution >= 0.6 is 0 Å². The van der Waals surface area contributed by atoms with Gasteiger partial charge in [0.05, 0.1) is 6.61 Å². The normalized spacial score (nSPS) is 13.2. The lowest BCUT2D eigenvalue weighted by atomic mass is 9.88. The molecule has 1 aromatic carbocycles. The van der Waals surface area contributed by atoms with Crippen LogP contribution in [0.2, 0.25) is 0 Å². The molecule has 0 spiro atoms. The lowest BCUT2D eigenvalue weighted by Crippen LogP contribution is -2.24. The molecule has 1 heterocycles. The minimum Gasteiger partial charge on any atom is -0.441 e. The Morgan fingerprint density at radius 1 is 1.44 bits per heavy atom. The van der Waals surface area contributed by atoms with Gasteiger partial charge in [-0.15, -0.1) is 0 Å². The molecule has 4 heteroatoms. The van der Waals surface area contributed by atoms with Gasteiger partial charge in [-0.2, -0.15) is 0 Å². The van der Waals surface area contributed by atoms with Gasteiger partial charge >= 0.3 is 0 Å². The van der Waals surface area contributed by atoms with Crippen molar-refractivity contribution in [3.8, 4) is 0 Å². The molecule has 0 aliphatic heterocycles. The summed E-state index contributed by atoms with van der Waals surface area (Å²) in [5.74, 6) is 0.266. The first-order valence-corrected chi connectivity index (χ1v) is 6.05. The van der Waals surface area contributed by atoms with Crippen LogP contribution in [0, 0.1) is 18.8 Å². The Morgan fingerprint density at radius 3 is 2.78 bits per heavy atom. The van der Waals surface area contributed by atoms with Crippen molar-refractivity contribution in [1.29, 1.82) is 0 Å². The van der Waals surface area contributed by atoms with Gasteiger partial charge in [0.15, 0.2) is 17.3 Å². The smallest absolute Gasteiger partial charge is 0.192 e. The maximum Gasteiger partial charge on any atom is 0.192 e. The van der Waals surface area contributed by atoms with Crippen molar-refractivity contribution in [1.82, 2.24) is 4.98 Å². The van der Waals surface area contributed by atoms with E-state index in [-0.39, 0.29) is 24.2 Å². The van der Waals surface area contributed by atoms with Gasteiger partial charge in [-0.25, -0.2) is 4.98 Å². The monoisotopic (exact) mass is 247 g/mol. The number of nitrogens with zero attached hydrogens (tertiary/aromatic N) is 1. The predicted molar refractivity (Wildman–Crippen MR) is 68.5 cm³/mol. The van der Waals surface area contributed by atoms with Crippen LogP contribution in [0.5, 0.6) is 0 Å². The first kappa shape index (κ1) is 12.8. The number of aromatic nitrogens is 1. The van der Waals surface area contributed by atoms with E-state index < -0.39 is 0 Å². The van der Waals surface area contributed by atoms with E-state index in [0.29, 0.717) is 17.0 Å². The van der Waals surface area contributed by atoms with Gasteiger partial charge < -0.3 is 9.52 Å². The third-order valence-corrected chi connectivity index (χ3v) is 3.12. The Labute approximate surface area is 106 Å². The zero-order chi connectivity index (χ0) is 13.3. The molecule has 4 nitrogen and oxygen atoms in total. The lowest BCUT2D eigenvalue weighted by Gasteiger charge is -2.16. The maximum atomic E-state index is 12.2. The molecule has 0 aliphatic carbocycles. The fourth-order valence-electron chi connectivity index (χ4n) is 2.00. The van der Waals surface area contributed by atoms with E-state index in [0.717, 1.165) is 5.52 Å². The number of carbonyl (C=O) groups is 1. The Kier molecular flexibility index (Phi) is 3.48. The van der Waals surface area contributed by atoms with Crippen LogP contribution in [0.15, 0.2) is 22.6 Å². The number of carbonyl (C=O) groups excluding carboxylic acids is 1. The highest BCUT2D eigenvalue weighted by Gasteiger charge is 2.23. The van der Waals surface area contributed by atoms with Crippen molar-refractivity contribution >= 4 is 16.9 Å². The van der Waals surface area contributed by atoms with Crippen molar-refractivity contribution in [2.45, 2.75) is 20.8 Å². The molecule has 0 aliphatic rings. The van der Waals surface area contributed by atoms with Gasteiger partial charge in [0, 0.05) is 18.4 Å². The van der Waals surface area contributed by atoms with Gasteiger partial charge in [-0.05, 0) is 24.1 Å². The summed E-state index contributed by atoms with van der Waals surface area (Å²) in [6.45, 7) is 5.49. The molecular formula is C14H17NO3. The van der Waals surface area contributed by atoms with Gasteiger partial charge in [0.25, 0.3) is 0 Å². The minimum absolute atomic E-state index is 0.0524. The second-order valence-electron chi connectivity index (χ2n) is 4.81. The molecule has 18 heavy (non-hydrogen) atoms. The number of aliphatic hydroxyl groups excluding tert-OH is 1. The van der Waals surface area contributed by atoms with Gasteiger partial charge in [0.2, 0.25) is 0 Å². The van der Waals surface area contributed by atoms with Crippen molar-refractivity contribution < 1.29 is 14.3 Å². The number of hydrogen-bond donors (Lipinski definition) is 1. The van der Waals surface area contributed by atoms with Crippen molar-refractivity contribution in [2.24, 2.45) is 11.8 Å². The van der Waals surface area contributed by atoms with Gasteiger partial charge in [0.1, 0.15) is 5.52 Å². The molecule has 0 radical (unpaired) electrons. The number of hydrogen-bond acceptors (Lipinski definition) is 4. The Hall–Kier alpha value is -1.68. The highest BCUT2D eigenvalue weighted by molar-refractivity contribution is 6.00. The summed E-state index contributed by atoms with van der Waals surface area (Å²) < 4.78 is 5.41. The Bertz CT molecular complexity index is 571. The average molecular weight is 247 g/mol. The predicted octanol–water partition coefficient (Wildman–Crippen LogP) is 2.58. The third kappa shape index (κ3) is 2.29. The average Bonchev–Trinajstić information content (AvgIpc) is 2.68. The van der Waals surface area contributed by atoms with E-state index in [1.165, 1.54) is 0 Å². The molecule has 0 saturated carbocycles. The molecule has 1 unspecified atom stereocenters. The largest absolute Gasteiger partial charge is 0.441 e. The number of fused-ring (bicyclic) bond motifs is 1. The quantitative estimate of drug-likeness (QED) is 0.843. The molecule has 2 aromatic rings. The summed E-state index contributed by atoms with van der Waals surface area (Å²) in [6.07, 6.45) is 0. The van der Waals surface area contributed by atoms with Crippen molar-refractivity contribution in [3.63, 3.8) is 0 Å². The second-order valence-corrected chi connectivity index (χ2v) is 4.81. The number of oxazole rings is 1. The second kappa shape index (κ2) is 4.90. The highest BCUT2D eigenvalue weighted by Crippen LogP contribution is 2.21. The molecule has 2 rings (SSSR count). The Morgan fingerprint density at radius 2 is 2.17 bits per heavy atom. The maximum absolute atomic E-state index is 12.2. The fourth-order valence-corrected chi connectivity index (χ4v) is 2.00. The van der Waals surface area contributed by atoms with Gasteiger partial charge in [-0.1, -0.05) is 13.8 Å². The van der Waals surface area contributed by atoms with E-state index in [9.17, 15) is 9.90 Å². The summed E-state index contributed by atoms with van der Waals surface area (Å²) in [7, 11) is 0. The molecule has 1 atom stereocenters. The SMILES string of the molecule is Cc1nc2ccc(C(=O)C(CO)C(C)C)cc2o1. The van der Waals surface area contributed by atoms with E-state index in [2.05, 4.69) is 4.98 Å². The molecule has 1 N–H and O–H groups in total. The third-order valence-electron chi connectivity index (χ3n) is 3.12. The van der Waals surface area contributed by atoms with E-state index in [4.69, 9.17) is 4.42 Å². The molecular weight excluding hydrogens is 230 g/mol. The summed E-state index contributed by atoms with van der Waals surface area (Å²) >= 11 is 0. The lowest BCUT2D eigenvalue weighted by molar-refractivity contribution is 0.0807. The van der Waals surface area contributed by atoms with Crippen LogP contribution in [0.25, 0.3) is 11.1 Å². The summed E-state index contributed by atoms with van der Waals surface area (Å²) in [6, 6.07) is 5.20. The molecule has 96 valence electrons.